The number of hydrogen-bond donors (Lipinski definition) is 0. The minimum absolute atomic E-state index is 0.0741. The lowest BCUT2D eigenvalue weighted by molar-refractivity contribution is -0.361. The van der Waals surface area contributed by atoms with Crippen LogP contribution in [0, 0.1) is 16.7 Å². The zero-order chi connectivity index (χ0) is 6.85. The molecule has 0 fully saturated rings. The van der Waals surface area contributed by atoms with Crippen LogP contribution in [-0.4, -0.2) is 29.4 Å². The highest BCUT2D eigenvalue weighted by Gasteiger charge is 2.24. The number of likely N-dealkylation sites (N-methyl/N-ethyl adjacent to an activating group) is 1. The summed E-state index contributed by atoms with van der Waals surface area (Å²) < 4.78 is 0. The van der Waals surface area contributed by atoms with Crippen LogP contribution in [0.15, 0.2) is 4.99 Å². The molecule has 5 heteroatoms. The number of hydrogen-bond acceptors (Lipinski definition) is 4. The molecular weight excluding hydrogens is 122 g/mol. The first kappa shape index (κ1) is 6.00. The summed E-state index contributed by atoms with van der Waals surface area (Å²) in [6.07, 6.45) is 0. The van der Waals surface area contributed by atoms with Crippen LogP contribution < -0.4 is 0 Å². The molecule has 0 unspecified atom stereocenters. The van der Waals surface area contributed by atoms with Gasteiger partial charge in [0.25, 0.3) is 0 Å². The fraction of sp³-hybridized carbons (Fsp3) is 0.500. The van der Waals surface area contributed by atoms with E-state index >= 15 is 0 Å². The molecule has 1 aliphatic heterocycles. The minimum Gasteiger partial charge on any atom is -0.390 e. The molecule has 0 amide bonds. The third-order valence-corrected chi connectivity index (χ3v) is 1.07. The van der Waals surface area contributed by atoms with Gasteiger partial charge in [0.1, 0.15) is 13.1 Å². The average Bonchev–Trinajstić information content (AvgIpc) is 2.13. The van der Waals surface area contributed by atoms with E-state index in [1.54, 1.807) is 13.6 Å². The molecule has 5 nitrogen and oxygen atoms in total. The Kier molecular flexibility index (Phi) is 1.33. The molecule has 0 spiro atoms. The molecule has 49 valence electrons. The Morgan fingerprint density at radius 1 is 2.00 bits per heavy atom. The van der Waals surface area contributed by atoms with Crippen molar-refractivity contribution in [2.24, 2.45) is 4.99 Å². The second-order valence-electron chi connectivity index (χ2n) is 1.69. The molecule has 0 atom stereocenters. The summed E-state index contributed by atoms with van der Waals surface area (Å²) >= 11 is 0. The van der Waals surface area contributed by atoms with Crippen molar-refractivity contribution >= 4 is 5.96 Å². The van der Waals surface area contributed by atoms with Crippen molar-refractivity contribution in [3.8, 4) is 0 Å². The Bertz CT molecular complexity index is 165. The Morgan fingerprint density at radius 3 is 2.89 bits per heavy atom. The standard InChI is InChI=1S/C4H6N3O2/c1-6-3-2-5-4(6)7(8)9/h3H,2H2,1H3. The van der Waals surface area contributed by atoms with Gasteiger partial charge < -0.3 is 10.1 Å². The van der Waals surface area contributed by atoms with Gasteiger partial charge >= 0.3 is 5.96 Å². The lowest BCUT2D eigenvalue weighted by Gasteiger charge is -2.02. The third kappa shape index (κ3) is 0.984. The van der Waals surface area contributed by atoms with Gasteiger partial charge in [0.15, 0.2) is 0 Å². The van der Waals surface area contributed by atoms with Crippen molar-refractivity contribution in [1.82, 2.24) is 4.90 Å². The molecule has 1 radical (unpaired) electrons. The zero-order valence-electron chi connectivity index (χ0n) is 4.94. The maximum atomic E-state index is 10.0. The van der Waals surface area contributed by atoms with Gasteiger partial charge in [-0.3, -0.25) is 4.90 Å². The van der Waals surface area contributed by atoms with E-state index in [0.717, 1.165) is 0 Å². The van der Waals surface area contributed by atoms with Gasteiger partial charge in [0, 0.05) is 0 Å². The molecule has 0 saturated carbocycles. The van der Waals surface area contributed by atoms with E-state index in [0.29, 0.717) is 6.54 Å². The highest BCUT2D eigenvalue weighted by Crippen LogP contribution is 2.01. The highest BCUT2D eigenvalue weighted by molar-refractivity contribution is 5.74. The molecule has 1 heterocycles. The molecule has 0 aromatic rings. The number of nitrogens with zero attached hydrogens (tertiary/aromatic N) is 3. The van der Waals surface area contributed by atoms with Crippen LogP contribution in [0.25, 0.3) is 0 Å². The first-order chi connectivity index (χ1) is 4.22. The van der Waals surface area contributed by atoms with E-state index in [4.69, 9.17) is 0 Å². The van der Waals surface area contributed by atoms with Crippen molar-refractivity contribution < 1.29 is 4.92 Å². The van der Waals surface area contributed by atoms with Crippen LogP contribution in [0.5, 0.6) is 0 Å². The van der Waals surface area contributed by atoms with E-state index in [1.807, 2.05) is 0 Å². The Labute approximate surface area is 52.1 Å². The number of rotatable bonds is 0. The lowest BCUT2D eigenvalue weighted by atomic mass is 10.6. The highest BCUT2D eigenvalue weighted by atomic mass is 16.6. The van der Waals surface area contributed by atoms with E-state index in [9.17, 15) is 10.1 Å². The maximum Gasteiger partial charge on any atom is 0.425 e. The second-order valence-corrected chi connectivity index (χ2v) is 1.69. The normalized spacial score (nSPS) is 17.9. The van der Waals surface area contributed by atoms with Crippen LogP contribution in [0.2, 0.25) is 0 Å². The van der Waals surface area contributed by atoms with Gasteiger partial charge in [0.2, 0.25) is 0 Å². The number of nitro groups is 1. The lowest BCUT2D eigenvalue weighted by Crippen LogP contribution is -2.26. The van der Waals surface area contributed by atoms with Crippen LogP contribution in [0.1, 0.15) is 0 Å². The Balaban J connectivity index is 2.68. The first-order valence-corrected chi connectivity index (χ1v) is 2.47. The smallest absolute Gasteiger partial charge is 0.390 e. The summed E-state index contributed by atoms with van der Waals surface area (Å²) in [6, 6.07) is 0. The molecule has 1 rings (SSSR count). The van der Waals surface area contributed by atoms with Gasteiger partial charge in [-0.1, -0.05) is 0 Å². The van der Waals surface area contributed by atoms with Gasteiger partial charge in [-0.25, -0.2) is 0 Å². The predicted molar refractivity (Wildman–Crippen MR) is 31.4 cm³/mol. The van der Waals surface area contributed by atoms with Crippen LogP contribution in [0.4, 0.5) is 0 Å². The van der Waals surface area contributed by atoms with Gasteiger partial charge in [-0.15, -0.1) is 4.99 Å². The molecule has 0 saturated heterocycles. The SMILES string of the molecule is CN1[CH]CN=C1[N+](=O)[O-]. The van der Waals surface area contributed by atoms with Crippen LogP contribution in [0.3, 0.4) is 0 Å². The van der Waals surface area contributed by atoms with Crippen molar-refractivity contribution in [2.45, 2.75) is 0 Å². The first-order valence-electron chi connectivity index (χ1n) is 2.47. The topological polar surface area (TPSA) is 58.7 Å². The summed E-state index contributed by atoms with van der Waals surface area (Å²) in [7, 11) is 1.61. The summed E-state index contributed by atoms with van der Waals surface area (Å²) in [6.45, 7) is 2.07. The van der Waals surface area contributed by atoms with Gasteiger partial charge in [-0.05, 0) is 4.92 Å². The monoisotopic (exact) mass is 128 g/mol. The average molecular weight is 128 g/mol. The van der Waals surface area contributed by atoms with E-state index in [2.05, 4.69) is 4.99 Å². The van der Waals surface area contributed by atoms with Crippen molar-refractivity contribution in [2.75, 3.05) is 13.6 Å². The largest absolute Gasteiger partial charge is 0.425 e. The number of aliphatic imine (C=N–C) groups is 1. The summed E-state index contributed by atoms with van der Waals surface area (Å²) in [5.41, 5.74) is 0. The fourth-order valence-electron chi connectivity index (χ4n) is 0.625. The van der Waals surface area contributed by atoms with Gasteiger partial charge in [0.05, 0.1) is 7.05 Å². The molecule has 9 heavy (non-hydrogen) atoms. The Morgan fingerprint density at radius 2 is 2.67 bits per heavy atom. The van der Waals surface area contributed by atoms with E-state index < -0.39 is 4.92 Å². The summed E-state index contributed by atoms with van der Waals surface area (Å²) in [5.74, 6) is -0.0741. The molecule has 0 aliphatic carbocycles. The summed E-state index contributed by atoms with van der Waals surface area (Å²) in [5, 5.41) is 10.0. The van der Waals surface area contributed by atoms with Crippen molar-refractivity contribution in [3.63, 3.8) is 0 Å². The molecule has 1 aliphatic rings. The van der Waals surface area contributed by atoms with Gasteiger partial charge in [-0.2, -0.15) is 0 Å². The van der Waals surface area contributed by atoms with Crippen LogP contribution in [-0.2, 0) is 0 Å². The van der Waals surface area contributed by atoms with Crippen LogP contribution >= 0.6 is 0 Å². The Hall–Kier alpha value is -1.13. The number of guanidine groups is 1. The van der Waals surface area contributed by atoms with Crippen molar-refractivity contribution in [3.05, 3.63) is 16.7 Å². The maximum absolute atomic E-state index is 10.0. The fourth-order valence-corrected chi connectivity index (χ4v) is 0.625. The summed E-state index contributed by atoms with van der Waals surface area (Å²) in [4.78, 5) is 14.5. The molecule has 0 aromatic carbocycles. The van der Waals surface area contributed by atoms with E-state index in [1.165, 1.54) is 4.90 Å². The van der Waals surface area contributed by atoms with Crippen molar-refractivity contribution in [1.29, 1.82) is 0 Å². The molecule has 0 bridgehead atoms. The molecule has 0 N–H and O–H groups in total. The zero-order valence-corrected chi connectivity index (χ0v) is 4.94. The third-order valence-electron chi connectivity index (χ3n) is 1.07. The predicted octanol–water partition coefficient (Wildman–Crippen LogP) is -0.274. The molecular formula is C4H6N3O2. The van der Waals surface area contributed by atoms with E-state index in [-0.39, 0.29) is 5.96 Å². The second kappa shape index (κ2) is 2.00. The minimum atomic E-state index is -0.497. The molecule has 0 aromatic heterocycles. The quantitative estimate of drug-likeness (QED) is 0.333.